The van der Waals surface area contributed by atoms with Crippen LogP contribution in [0.2, 0.25) is 5.02 Å². The fourth-order valence-electron chi connectivity index (χ4n) is 1.85. The van der Waals surface area contributed by atoms with E-state index < -0.39 is 5.76 Å². The highest BCUT2D eigenvalue weighted by atomic mass is 35.5. The van der Waals surface area contributed by atoms with Crippen LogP contribution in [0.5, 0.6) is 0 Å². The van der Waals surface area contributed by atoms with Crippen molar-refractivity contribution >= 4 is 38.3 Å². The monoisotopic (exact) mass is 324 g/mol. The summed E-state index contributed by atoms with van der Waals surface area (Å²) in [7, 11) is 0. The molecular weight excluding hydrogens is 312 g/mol. The van der Waals surface area contributed by atoms with Gasteiger partial charge in [0, 0.05) is 5.41 Å². The molecule has 0 spiro atoms. The molecule has 0 aliphatic heterocycles. The highest BCUT2D eigenvalue weighted by Gasteiger charge is 2.24. The van der Waals surface area contributed by atoms with Gasteiger partial charge < -0.3 is 10.2 Å². The Hall–Kier alpha value is -1.86. The van der Waals surface area contributed by atoms with Gasteiger partial charge in [-0.15, -0.1) is 5.10 Å². The van der Waals surface area contributed by atoms with E-state index in [-0.39, 0.29) is 5.41 Å². The maximum absolute atomic E-state index is 12.0. The molecule has 3 aromatic rings. The SMILES string of the molecule is CC(C)(C)c1nn(-c2cc3nc(N)sc3cc2Cl)c(=O)o1. The van der Waals surface area contributed by atoms with Crippen LogP contribution in [0.15, 0.2) is 21.3 Å². The summed E-state index contributed by atoms with van der Waals surface area (Å²) in [5.74, 6) is -0.231. The molecule has 3 rings (SSSR count). The lowest BCUT2D eigenvalue weighted by Crippen LogP contribution is -2.14. The normalized spacial score (nSPS) is 12.2. The molecule has 6 nitrogen and oxygen atoms in total. The van der Waals surface area contributed by atoms with Gasteiger partial charge in [-0.1, -0.05) is 43.7 Å². The molecule has 0 radical (unpaired) electrons. The molecule has 1 aromatic carbocycles. The number of nitrogens with zero attached hydrogens (tertiary/aromatic N) is 3. The highest BCUT2D eigenvalue weighted by molar-refractivity contribution is 7.22. The van der Waals surface area contributed by atoms with Crippen LogP contribution < -0.4 is 11.5 Å². The van der Waals surface area contributed by atoms with Crippen molar-refractivity contribution in [2.75, 3.05) is 5.73 Å². The van der Waals surface area contributed by atoms with Crippen molar-refractivity contribution in [3.05, 3.63) is 33.6 Å². The molecule has 2 N–H and O–H groups in total. The van der Waals surface area contributed by atoms with E-state index in [2.05, 4.69) is 10.1 Å². The van der Waals surface area contributed by atoms with Crippen molar-refractivity contribution in [2.24, 2.45) is 0 Å². The van der Waals surface area contributed by atoms with Gasteiger partial charge in [-0.3, -0.25) is 0 Å². The molecule has 0 fully saturated rings. The van der Waals surface area contributed by atoms with Crippen LogP contribution in [0.3, 0.4) is 0 Å². The Bertz CT molecular complexity index is 888. The number of fused-ring (bicyclic) bond motifs is 1. The number of nitrogen functional groups attached to an aromatic ring is 1. The fraction of sp³-hybridized carbons (Fsp3) is 0.308. The number of hydrogen-bond donors (Lipinski definition) is 1. The average Bonchev–Trinajstić information content (AvgIpc) is 2.89. The van der Waals surface area contributed by atoms with Crippen molar-refractivity contribution in [1.82, 2.24) is 14.8 Å². The topological polar surface area (TPSA) is 86.9 Å². The molecule has 8 heteroatoms. The smallest absolute Gasteiger partial charge is 0.391 e. The average molecular weight is 325 g/mol. The predicted molar refractivity (Wildman–Crippen MR) is 83.4 cm³/mol. The zero-order valence-corrected chi connectivity index (χ0v) is 13.2. The van der Waals surface area contributed by atoms with E-state index in [1.807, 2.05) is 20.8 Å². The van der Waals surface area contributed by atoms with Crippen molar-refractivity contribution in [2.45, 2.75) is 26.2 Å². The van der Waals surface area contributed by atoms with Crippen LogP contribution in [-0.4, -0.2) is 14.8 Å². The van der Waals surface area contributed by atoms with Crippen molar-refractivity contribution in [1.29, 1.82) is 0 Å². The summed E-state index contributed by atoms with van der Waals surface area (Å²) in [5.41, 5.74) is 6.41. The Balaban J connectivity index is 2.22. The zero-order valence-electron chi connectivity index (χ0n) is 11.7. The fourth-order valence-corrected chi connectivity index (χ4v) is 2.92. The van der Waals surface area contributed by atoms with Crippen LogP contribution in [0.4, 0.5) is 5.13 Å². The first-order valence-corrected chi connectivity index (χ1v) is 7.42. The molecule has 0 amide bonds. The first-order valence-electron chi connectivity index (χ1n) is 6.22. The second-order valence-corrected chi connectivity index (χ2v) is 7.13. The third-order valence-corrected chi connectivity index (χ3v) is 4.04. The molecule has 0 bridgehead atoms. The Labute approximate surface area is 129 Å². The maximum Gasteiger partial charge on any atom is 0.442 e. The van der Waals surface area contributed by atoms with Gasteiger partial charge in [0.2, 0.25) is 5.89 Å². The summed E-state index contributed by atoms with van der Waals surface area (Å²) < 4.78 is 7.21. The molecule has 0 aliphatic carbocycles. The van der Waals surface area contributed by atoms with Gasteiger partial charge in [0.05, 0.1) is 20.9 Å². The van der Waals surface area contributed by atoms with Crippen molar-refractivity contribution in [3.8, 4) is 5.69 Å². The van der Waals surface area contributed by atoms with E-state index in [1.165, 1.54) is 11.3 Å². The number of thiazole rings is 1. The number of rotatable bonds is 1. The molecule has 0 saturated carbocycles. The minimum absolute atomic E-state index is 0.349. The summed E-state index contributed by atoms with van der Waals surface area (Å²) in [6, 6.07) is 3.40. The number of aromatic nitrogens is 3. The molecule has 21 heavy (non-hydrogen) atoms. The second-order valence-electron chi connectivity index (χ2n) is 5.66. The second kappa shape index (κ2) is 4.57. The lowest BCUT2D eigenvalue weighted by Gasteiger charge is -2.10. The van der Waals surface area contributed by atoms with Crippen LogP contribution in [-0.2, 0) is 5.41 Å². The summed E-state index contributed by atoms with van der Waals surface area (Å²) in [6.45, 7) is 5.73. The number of hydrogen-bond acceptors (Lipinski definition) is 6. The molecule has 0 saturated heterocycles. The van der Waals surface area contributed by atoms with Crippen molar-refractivity contribution in [3.63, 3.8) is 0 Å². The van der Waals surface area contributed by atoms with E-state index in [0.29, 0.717) is 27.2 Å². The Morgan fingerprint density at radius 3 is 2.71 bits per heavy atom. The number of benzene rings is 1. The van der Waals surface area contributed by atoms with Gasteiger partial charge in [0.25, 0.3) is 0 Å². The maximum atomic E-state index is 12.0. The summed E-state index contributed by atoms with van der Waals surface area (Å²) in [5, 5.41) is 5.06. The molecule has 0 atom stereocenters. The van der Waals surface area contributed by atoms with E-state index in [1.54, 1.807) is 12.1 Å². The Morgan fingerprint density at radius 1 is 1.38 bits per heavy atom. The third-order valence-electron chi connectivity index (χ3n) is 2.89. The van der Waals surface area contributed by atoms with Gasteiger partial charge in [0.1, 0.15) is 0 Å². The minimum Gasteiger partial charge on any atom is -0.391 e. The van der Waals surface area contributed by atoms with E-state index in [4.69, 9.17) is 21.8 Å². The van der Waals surface area contributed by atoms with Gasteiger partial charge in [-0.05, 0) is 12.1 Å². The number of halogens is 1. The molecular formula is C13H13ClN4O2S. The first kappa shape index (κ1) is 14.1. The van der Waals surface area contributed by atoms with Gasteiger partial charge >= 0.3 is 5.76 Å². The molecule has 0 unspecified atom stereocenters. The van der Waals surface area contributed by atoms with Gasteiger partial charge in [-0.2, -0.15) is 4.68 Å². The molecule has 2 heterocycles. The van der Waals surface area contributed by atoms with Crippen LogP contribution >= 0.6 is 22.9 Å². The summed E-state index contributed by atoms with van der Waals surface area (Å²) >= 11 is 7.57. The lowest BCUT2D eigenvalue weighted by atomic mass is 9.97. The number of nitrogens with two attached hydrogens (primary N) is 1. The highest BCUT2D eigenvalue weighted by Crippen LogP contribution is 2.31. The molecule has 110 valence electrons. The van der Waals surface area contributed by atoms with E-state index in [9.17, 15) is 4.79 Å². The largest absolute Gasteiger partial charge is 0.442 e. The van der Waals surface area contributed by atoms with Crippen LogP contribution in [0.25, 0.3) is 15.9 Å². The molecule has 2 aromatic heterocycles. The van der Waals surface area contributed by atoms with E-state index >= 15 is 0 Å². The van der Waals surface area contributed by atoms with Crippen LogP contribution in [0, 0.1) is 0 Å². The Kier molecular flexibility index (Phi) is 3.07. The lowest BCUT2D eigenvalue weighted by molar-refractivity contribution is 0.375. The number of anilines is 1. The summed E-state index contributed by atoms with van der Waals surface area (Å²) in [6.07, 6.45) is 0. The summed E-state index contributed by atoms with van der Waals surface area (Å²) in [4.78, 5) is 16.2. The Morgan fingerprint density at radius 2 is 2.10 bits per heavy atom. The van der Waals surface area contributed by atoms with E-state index in [0.717, 1.165) is 9.38 Å². The first-order chi connectivity index (χ1) is 9.75. The van der Waals surface area contributed by atoms with Crippen molar-refractivity contribution < 1.29 is 4.42 Å². The predicted octanol–water partition coefficient (Wildman–Crippen LogP) is 2.97. The van der Waals surface area contributed by atoms with Gasteiger partial charge in [-0.25, -0.2) is 9.78 Å². The molecule has 0 aliphatic rings. The quantitative estimate of drug-likeness (QED) is 0.743. The van der Waals surface area contributed by atoms with Crippen LogP contribution in [0.1, 0.15) is 26.7 Å². The minimum atomic E-state index is -0.579. The van der Waals surface area contributed by atoms with Gasteiger partial charge in [0.15, 0.2) is 5.13 Å². The zero-order chi connectivity index (χ0) is 15.4. The third kappa shape index (κ3) is 2.43. The standard InChI is InChI=1S/C13H13ClN4O2S/c1-13(2,3)10-17-18(12(19)20-10)8-5-7-9(4-6(8)14)21-11(15)16-7/h4-5H,1-3H3,(H2,15,16).